The average Bonchev–Trinajstić information content (AvgIpc) is 2.57. The molecule has 2 aromatic rings. The number of piperidine rings is 1. The van der Waals surface area contributed by atoms with Crippen molar-refractivity contribution >= 4 is 5.97 Å². The van der Waals surface area contributed by atoms with Gasteiger partial charge in [-0.3, -0.25) is 9.69 Å². The molecule has 2 aromatic carbocycles. The zero-order chi connectivity index (χ0) is 17.1. The Morgan fingerprint density at radius 3 is 2.50 bits per heavy atom. The second kappa shape index (κ2) is 7.14. The van der Waals surface area contributed by atoms with Crippen LogP contribution >= 0.6 is 0 Å². The Bertz CT molecular complexity index is 723. The molecule has 0 aliphatic carbocycles. The molecule has 0 amide bonds. The van der Waals surface area contributed by atoms with E-state index < -0.39 is 5.97 Å². The average molecular weight is 327 g/mol. The van der Waals surface area contributed by atoms with Gasteiger partial charge < -0.3 is 5.11 Å². The van der Waals surface area contributed by atoms with Gasteiger partial charge in [0, 0.05) is 5.56 Å². The van der Waals surface area contributed by atoms with Gasteiger partial charge in [0.25, 0.3) is 0 Å². The monoisotopic (exact) mass is 327 g/mol. The number of likely N-dealkylation sites (tertiary alicyclic amines) is 1. The van der Waals surface area contributed by atoms with Crippen molar-refractivity contribution in [3.05, 3.63) is 71.0 Å². The first-order chi connectivity index (χ1) is 11.6. The van der Waals surface area contributed by atoms with Crippen molar-refractivity contribution in [3.63, 3.8) is 0 Å². The molecule has 0 bridgehead atoms. The normalized spacial score (nSPS) is 17.6. The Hall–Kier alpha value is -2.20. The maximum absolute atomic E-state index is 14.5. The lowest BCUT2D eigenvalue weighted by atomic mass is 9.90. The summed E-state index contributed by atoms with van der Waals surface area (Å²) >= 11 is 0. The van der Waals surface area contributed by atoms with Crippen LogP contribution in [0.4, 0.5) is 4.39 Å². The number of carboxylic acids is 1. The van der Waals surface area contributed by atoms with Crippen molar-refractivity contribution < 1.29 is 14.3 Å². The minimum absolute atomic E-state index is 0.180. The van der Waals surface area contributed by atoms with E-state index in [0.717, 1.165) is 11.1 Å². The number of rotatable bonds is 4. The van der Waals surface area contributed by atoms with Crippen LogP contribution in [0.2, 0.25) is 0 Å². The zero-order valence-corrected chi connectivity index (χ0v) is 13.8. The van der Waals surface area contributed by atoms with E-state index in [1.165, 1.54) is 6.07 Å². The number of carbonyl (C=O) groups is 1. The maximum atomic E-state index is 14.5. The van der Waals surface area contributed by atoms with Gasteiger partial charge in [0.15, 0.2) is 0 Å². The van der Waals surface area contributed by atoms with E-state index in [4.69, 9.17) is 0 Å². The predicted octanol–water partition coefficient (Wildman–Crippen LogP) is 4.02. The number of aliphatic carboxylic acids is 1. The van der Waals surface area contributed by atoms with Crippen LogP contribution in [0.25, 0.3) is 0 Å². The van der Waals surface area contributed by atoms with Crippen LogP contribution in [0, 0.1) is 18.7 Å². The summed E-state index contributed by atoms with van der Waals surface area (Å²) in [4.78, 5) is 13.4. The quantitative estimate of drug-likeness (QED) is 0.922. The smallest absolute Gasteiger partial charge is 0.306 e. The van der Waals surface area contributed by atoms with E-state index in [0.29, 0.717) is 31.5 Å². The molecule has 1 heterocycles. The first-order valence-corrected chi connectivity index (χ1v) is 8.34. The summed E-state index contributed by atoms with van der Waals surface area (Å²) in [6.07, 6.45) is 1.21. The molecule has 0 radical (unpaired) electrons. The second-order valence-electron chi connectivity index (χ2n) is 6.49. The van der Waals surface area contributed by atoms with Crippen molar-refractivity contribution in [3.8, 4) is 0 Å². The SMILES string of the molecule is Cc1cccc(C(c2ccccc2F)N2CCC(C(=O)O)CC2)c1. The molecule has 1 aliphatic rings. The van der Waals surface area contributed by atoms with Crippen molar-refractivity contribution in [1.82, 2.24) is 4.90 Å². The van der Waals surface area contributed by atoms with Crippen LogP contribution < -0.4 is 0 Å². The molecule has 0 spiro atoms. The third-order valence-corrected chi connectivity index (χ3v) is 4.80. The molecule has 3 rings (SSSR count). The van der Waals surface area contributed by atoms with Gasteiger partial charge in [-0.15, -0.1) is 0 Å². The number of halogens is 1. The van der Waals surface area contributed by atoms with Crippen LogP contribution in [0.5, 0.6) is 0 Å². The van der Waals surface area contributed by atoms with Crippen LogP contribution in [0.3, 0.4) is 0 Å². The minimum Gasteiger partial charge on any atom is -0.481 e. The number of aryl methyl sites for hydroxylation is 1. The summed E-state index contributed by atoms with van der Waals surface area (Å²) < 4.78 is 14.5. The van der Waals surface area contributed by atoms with Gasteiger partial charge in [-0.25, -0.2) is 4.39 Å². The fourth-order valence-electron chi connectivity index (χ4n) is 3.53. The van der Waals surface area contributed by atoms with Crippen LogP contribution in [0.15, 0.2) is 48.5 Å². The highest BCUT2D eigenvalue weighted by Crippen LogP contribution is 2.34. The molecule has 1 atom stereocenters. The summed E-state index contributed by atoms with van der Waals surface area (Å²) in [6, 6.07) is 14.8. The van der Waals surface area contributed by atoms with E-state index in [9.17, 15) is 14.3 Å². The van der Waals surface area contributed by atoms with Crippen LogP contribution in [0.1, 0.15) is 35.6 Å². The van der Waals surface area contributed by atoms with Crippen molar-refractivity contribution in [2.75, 3.05) is 13.1 Å². The molecule has 4 heteroatoms. The van der Waals surface area contributed by atoms with Gasteiger partial charge in [-0.05, 0) is 44.5 Å². The van der Waals surface area contributed by atoms with Crippen molar-refractivity contribution in [2.24, 2.45) is 5.92 Å². The molecule has 1 unspecified atom stereocenters. The Kier molecular flexibility index (Phi) is 4.95. The highest BCUT2D eigenvalue weighted by Gasteiger charge is 2.31. The standard InChI is InChI=1S/C20H22FNO2/c1-14-5-4-6-16(13-14)19(17-7-2-3-8-18(17)21)22-11-9-15(10-12-22)20(23)24/h2-8,13,15,19H,9-12H2,1H3,(H,23,24). The largest absolute Gasteiger partial charge is 0.481 e. The third kappa shape index (κ3) is 3.49. The number of hydrogen-bond donors (Lipinski definition) is 1. The molecular formula is C20H22FNO2. The summed E-state index contributed by atoms with van der Waals surface area (Å²) in [5.41, 5.74) is 2.83. The van der Waals surface area contributed by atoms with Gasteiger partial charge in [-0.1, -0.05) is 48.0 Å². The summed E-state index contributed by atoms with van der Waals surface area (Å²) in [5.74, 6) is -1.24. The Morgan fingerprint density at radius 2 is 1.88 bits per heavy atom. The van der Waals surface area contributed by atoms with Gasteiger partial charge >= 0.3 is 5.97 Å². The first-order valence-electron chi connectivity index (χ1n) is 8.34. The first kappa shape index (κ1) is 16.7. The van der Waals surface area contributed by atoms with E-state index >= 15 is 0 Å². The molecule has 126 valence electrons. The Labute approximate surface area is 141 Å². The molecule has 3 nitrogen and oxygen atoms in total. The van der Waals surface area contributed by atoms with E-state index in [1.807, 2.05) is 37.3 Å². The van der Waals surface area contributed by atoms with E-state index in [1.54, 1.807) is 6.07 Å². The van der Waals surface area contributed by atoms with Crippen molar-refractivity contribution in [1.29, 1.82) is 0 Å². The summed E-state index contributed by atoms with van der Waals surface area (Å²) in [7, 11) is 0. The molecule has 24 heavy (non-hydrogen) atoms. The van der Waals surface area contributed by atoms with Gasteiger partial charge in [-0.2, -0.15) is 0 Å². The molecule has 1 fully saturated rings. The molecule has 1 aliphatic heterocycles. The minimum atomic E-state index is -0.729. The Balaban J connectivity index is 1.95. The summed E-state index contributed by atoms with van der Waals surface area (Å²) in [6.45, 7) is 3.34. The van der Waals surface area contributed by atoms with Crippen LogP contribution in [-0.4, -0.2) is 29.1 Å². The number of nitrogens with zero attached hydrogens (tertiary/aromatic N) is 1. The molecule has 0 saturated carbocycles. The topological polar surface area (TPSA) is 40.5 Å². The Morgan fingerprint density at radius 1 is 1.17 bits per heavy atom. The van der Waals surface area contributed by atoms with Gasteiger partial charge in [0.05, 0.1) is 12.0 Å². The maximum Gasteiger partial charge on any atom is 0.306 e. The molecule has 0 aromatic heterocycles. The molecular weight excluding hydrogens is 305 g/mol. The third-order valence-electron chi connectivity index (χ3n) is 4.80. The second-order valence-corrected chi connectivity index (χ2v) is 6.49. The number of benzene rings is 2. The lowest BCUT2D eigenvalue weighted by molar-refractivity contribution is -0.143. The lowest BCUT2D eigenvalue weighted by Gasteiger charge is -2.37. The molecule has 1 N–H and O–H groups in total. The fraction of sp³-hybridized carbons (Fsp3) is 0.350. The fourth-order valence-corrected chi connectivity index (χ4v) is 3.53. The number of hydrogen-bond acceptors (Lipinski definition) is 2. The van der Waals surface area contributed by atoms with E-state index in [2.05, 4.69) is 11.0 Å². The highest BCUT2D eigenvalue weighted by atomic mass is 19.1. The number of carboxylic acid groups (broad SMARTS) is 1. The van der Waals surface area contributed by atoms with Gasteiger partial charge in [0.2, 0.25) is 0 Å². The lowest BCUT2D eigenvalue weighted by Crippen LogP contribution is -2.39. The highest BCUT2D eigenvalue weighted by molar-refractivity contribution is 5.70. The summed E-state index contributed by atoms with van der Waals surface area (Å²) in [5, 5.41) is 9.20. The predicted molar refractivity (Wildman–Crippen MR) is 91.4 cm³/mol. The van der Waals surface area contributed by atoms with Crippen molar-refractivity contribution in [2.45, 2.75) is 25.8 Å². The molecule has 1 saturated heterocycles. The zero-order valence-electron chi connectivity index (χ0n) is 13.8. The van der Waals surface area contributed by atoms with E-state index in [-0.39, 0.29) is 17.8 Å². The van der Waals surface area contributed by atoms with Crippen LogP contribution in [-0.2, 0) is 4.79 Å². The van der Waals surface area contributed by atoms with Gasteiger partial charge in [0.1, 0.15) is 5.82 Å².